The Labute approximate surface area is 163 Å². The van der Waals surface area contributed by atoms with Crippen molar-refractivity contribution < 1.29 is 0 Å². The minimum Gasteiger partial charge on any atom is -0.364 e. The Hall–Kier alpha value is -1.75. The molecule has 0 aliphatic heterocycles. The first-order chi connectivity index (χ1) is 12.4. The molecule has 1 fully saturated rings. The lowest BCUT2D eigenvalue weighted by atomic mass is 9.88. The van der Waals surface area contributed by atoms with Gasteiger partial charge in [0.15, 0.2) is 0 Å². The van der Waals surface area contributed by atoms with Crippen molar-refractivity contribution in [1.29, 1.82) is 0 Å². The maximum absolute atomic E-state index is 4.66. The van der Waals surface area contributed by atoms with Crippen LogP contribution in [0.25, 0.3) is 0 Å². The maximum Gasteiger partial charge on any atom is 0.135 e. The lowest BCUT2D eigenvalue weighted by Crippen LogP contribution is -2.42. The number of allylic oxidation sites excluding steroid dienone is 2. The second-order valence-corrected chi connectivity index (χ2v) is 8.63. The zero-order chi connectivity index (χ0) is 19.0. The molecule has 1 N–H and O–H groups in total. The highest BCUT2D eigenvalue weighted by Crippen LogP contribution is 2.38. The van der Waals surface area contributed by atoms with Crippen molar-refractivity contribution in [2.75, 3.05) is 0 Å². The minimum atomic E-state index is 0.0323. The van der Waals surface area contributed by atoms with Crippen LogP contribution in [0.1, 0.15) is 58.9 Å². The zero-order valence-corrected chi connectivity index (χ0v) is 17.5. The average Bonchev–Trinajstić information content (AvgIpc) is 3.08. The van der Waals surface area contributed by atoms with E-state index in [0.717, 1.165) is 28.6 Å². The summed E-state index contributed by atoms with van der Waals surface area (Å²) in [5.41, 5.74) is 2.60. The van der Waals surface area contributed by atoms with E-state index in [9.17, 15) is 0 Å². The second-order valence-electron chi connectivity index (χ2n) is 7.19. The molecule has 2 rings (SSSR count). The molecule has 0 aromatic heterocycles. The fourth-order valence-corrected chi connectivity index (χ4v) is 3.97. The van der Waals surface area contributed by atoms with E-state index in [2.05, 4.69) is 74.3 Å². The third-order valence-electron chi connectivity index (χ3n) is 4.46. The normalized spacial score (nSPS) is 18.9. The number of thioether (sulfide) groups is 1. The summed E-state index contributed by atoms with van der Waals surface area (Å²) in [6.07, 6.45) is 8.68. The van der Waals surface area contributed by atoms with Gasteiger partial charge in [0.05, 0.1) is 16.4 Å². The smallest absolute Gasteiger partial charge is 0.135 e. The topological polar surface area (TPSA) is 36.8 Å². The summed E-state index contributed by atoms with van der Waals surface area (Å²) in [5.74, 6) is 0.967. The van der Waals surface area contributed by atoms with Gasteiger partial charge in [0.1, 0.15) is 7.85 Å². The van der Waals surface area contributed by atoms with E-state index >= 15 is 0 Å². The van der Waals surface area contributed by atoms with E-state index in [1.54, 1.807) is 11.8 Å². The molecule has 3 nitrogen and oxygen atoms in total. The van der Waals surface area contributed by atoms with Gasteiger partial charge in [0.25, 0.3) is 0 Å². The highest BCUT2D eigenvalue weighted by molar-refractivity contribution is 8.17. The lowest BCUT2D eigenvalue weighted by Gasteiger charge is -2.32. The molecule has 1 aliphatic carbocycles. The van der Waals surface area contributed by atoms with Gasteiger partial charge in [-0.15, -0.1) is 0 Å². The number of aliphatic imine (C=N–C) groups is 2. The number of hydrogen-bond donors (Lipinski definition) is 1. The lowest BCUT2D eigenvalue weighted by molar-refractivity contribution is 0.405. The molecule has 138 valence electrons. The van der Waals surface area contributed by atoms with Crippen LogP contribution in [0, 0.1) is 0 Å². The van der Waals surface area contributed by atoms with Crippen LogP contribution in [-0.4, -0.2) is 18.7 Å². The average molecular weight is 367 g/mol. The molecule has 1 aromatic carbocycles. The molecule has 0 heterocycles. The third kappa shape index (κ3) is 6.20. The van der Waals surface area contributed by atoms with Crippen LogP contribution in [0.3, 0.4) is 0 Å². The molecule has 0 unspecified atom stereocenters. The van der Waals surface area contributed by atoms with Gasteiger partial charge in [-0.3, -0.25) is 4.99 Å². The largest absolute Gasteiger partial charge is 0.364 e. The summed E-state index contributed by atoms with van der Waals surface area (Å²) in [6.45, 7) is 8.21. The van der Waals surface area contributed by atoms with Crippen molar-refractivity contribution in [2.45, 2.75) is 58.9 Å². The van der Waals surface area contributed by atoms with E-state index in [4.69, 9.17) is 0 Å². The van der Waals surface area contributed by atoms with Gasteiger partial charge in [0, 0.05) is 17.3 Å². The summed E-state index contributed by atoms with van der Waals surface area (Å²) in [5, 5.41) is 4.74. The molecule has 1 aromatic rings. The fraction of sp³-hybridized carbons (Fsp3) is 0.429. The van der Waals surface area contributed by atoms with Crippen molar-refractivity contribution in [2.24, 2.45) is 9.98 Å². The molecular weight excluding hydrogens is 337 g/mol. The molecule has 26 heavy (non-hydrogen) atoms. The number of nitrogens with zero attached hydrogens (tertiary/aromatic N) is 2. The molecule has 0 saturated heterocycles. The first-order valence-electron chi connectivity index (χ1n) is 9.32. The Bertz CT molecular complexity index is 710. The third-order valence-corrected chi connectivity index (χ3v) is 5.29. The van der Waals surface area contributed by atoms with Gasteiger partial charge < -0.3 is 5.32 Å². The summed E-state index contributed by atoms with van der Waals surface area (Å²) < 4.78 is 0. The number of rotatable bonds is 5. The molecule has 1 aliphatic rings. The predicted octanol–water partition coefficient (Wildman–Crippen LogP) is 4.97. The quantitative estimate of drug-likeness (QED) is 0.453. The van der Waals surface area contributed by atoms with Crippen LogP contribution in [-0.2, 0) is 5.54 Å². The van der Waals surface area contributed by atoms with Crippen LogP contribution in [0.5, 0.6) is 0 Å². The van der Waals surface area contributed by atoms with Crippen molar-refractivity contribution >= 4 is 30.5 Å². The first-order valence-corrected chi connectivity index (χ1v) is 10.1. The van der Waals surface area contributed by atoms with Crippen LogP contribution in [0.15, 0.2) is 63.1 Å². The first kappa shape index (κ1) is 20.6. The molecule has 0 atom stereocenters. The van der Waals surface area contributed by atoms with Gasteiger partial charge in [-0.2, -0.15) is 0 Å². The summed E-state index contributed by atoms with van der Waals surface area (Å²) in [6, 6.07) is 10.8. The van der Waals surface area contributed by atoms with Crippen LogP contribution in [0.2, 0.25) is 0 Å². The fourth-order valence-electron chi connectivity index (χ4n) is 3.29. The minimum absolute atomic E-state index is 0.0323. The van der Waals surface area contributed by atoms with Crippen molar-refractivity contribution in [3.05, 3.63) is 58.7 Å². The van der Waals surface area contributed by atoms with E-state index in [1.165, 1.54) is 23.9 Å². The van der Waals surface area contributed by atoms with Gasteiger partial charge in [0.2, 0.25) is 0 Å². The Balaban J connectivity index is 2.06. The number of nitrogens with one attached hydrogen (secondary N) is 1. The van der Waals surface area contributed by atoms with Gasteiger partial charge >= 0.3 is 0 Å². The van der Waals surface area contributed by atoms with Crippen molar-refractivity contribution in [3.8, 4) is 0 Å². The summed E-state index contributed by atoms with van der Waals surface area (Å²) in [4.78, 5) is 10.2. The second kappa shape index (κ2) is 9.82. The van der Waals surface area contributed by atoms with Crippen molar-refractivity contribution in [3.63, 3.8) is 0 Å². The van der Waals surface area contributed by atoms with Gasteiger partial charge in [-0.1, -0.05) is 67.3 Å². The zero-order valence-electron chi connectivity index (χ0n) is 16.7. The Kier molecular flexibility index (Phi) is 7.76. The summed E-state index contributed by atoms with van der Waals surface area (Å²) in [7, 11) is 2.05. The molecule has 0 bridgehead atoms. The summed E-state index contributed by atoms with van der Waals surface area (Å²) >= 11 is 1.65. The highest BCUT2D eigenvalue weighted by Gasteiger charge is 2.35. The maximum atomic E-state index is 4.66. The van der Waals surface area contributed by atoms with E-state index < -0.39 is 0 Å². The Morgan fingerprint density at radius 3 is 2.31 bits per heavy atom. The molecule has 0 radical (unpaired) electrons. The van der Waals surface area contributed by atoms with Crippen LogP contribution in [0.4, 0.5) is 0 Å². The predicted molar refractivity (Wildman–Crippen MR) is 120 cm³/mol. The monoisotopic (exact) mass is 367 g/mol. The van der Waals surface area contributed by atoms with E-state index in [-0.39, 0.29) is 5.54 Å². The molecule has 0 spiro atoms. The van der Waals surface area contributed by atoms with Crippen LogP contribution >= 0.6 is 11.8 Å². The Morgan fingerprint density at radius 2 is 1.69 bits per heavy atom. The molecular formula is C21H30BN3S. The van der Waals surface area contributed by atoms with Gasteiger partial charge in [-0.25, -0.2) is 4.99 Å². The van der Waals surface area contributed by atoms with E-state index in [1.807, 2.05) is 19.3 Å². The molecule has 1 saturated carbocycles. The standard InChI is InChI=1S/C21H30BN3S/c1-16(22)14-24-19(4)26-17(2)15-23-18(3)25-21(12-8-9-13-21)20-10-6-5-7-11-20/h5-7,10-11,14-15H,8-9,12-13,22H2,1-4H3,(H,23,25)/b16-14+,17-15+,24-19+. The SMILES string of the molecule is B/C(C)=C/N=C(\C)S/C(C)=C/N=C(\C)NC1(c2ccccc2)CCCC1. The highest BCUT2D eigenvalue weighted by atomic mass is 32.2. The molecule has 5 heteroatoms. The van der Waals surface area contributed by atoms with Crippen molar-refractivity contribution in [1.82, 2.24) is 5.32 Å². The number of amidine groups is 1. The Morgan fingerprint density at radius 1 is 1.04 bits per heavy atom. The van der Waals surface area contributed by atoms with E-state index in [0.29, 0.717) is 0 Å². The number of hydrogen-bond acceptors (Lipinski definition) is 3. The van der Waals surface area contributed by atoms with Crippen LogP contribution < -0.4 is 5.32 Å². The molecule has 0 amide bonds. The number of benzene rings is 1. The van der Waals surface area contributed by atoms with Gasteiger partial charge in [-0.05, 0) is 39.2 Å².